The van der Waals surface area contributed by atoms with E-state index in [-0.39, 0.29) is 0 Å². The van der Waals surface area contributed by atoms with Crippen LogP contribution in [0, 0.1) is 13.8 Å². The average molecular weight is 617 g/mol. The van der Waals surface area contributed by atoms with Crippen LogP contribution in [0.4, 0.5) is 0 Å². The monoisotopic (exact) mass is 616 g/mol. The van der Waals surface area contributed by atoms with Gasteiger partial charge in [-0.2, -0.15) is 0 Å². The summed E-state index contributed by atoms with van der Waals surface area (Å²) in [6.07, 6.45) is 0. The van der Waals surface area contributed by atoms with Gasteiger partial charge >= 0.3 is 0 Å². The van der Waals surface area contributed by atoms with Crippen LogP contribution in [-0.4, -0.2) is 0 Å². The second kappa shape index (κ2) is 17.0. The number of hydrogen-bond donors (Lipinski definition) is 0. The Kier molecular flexibility index (Phi) is 12.8. The van der Waals surface area contributed by atoms with E-state index < -0.39 is 15.8 Å². The van der Waals surface area contributed by atoms with Gasteiger partial charge in [0.05, 0.1) is 0 Å². The van der Waals surface area contributed by atoms with Crippen molar-refractivity contribution in [2.24, 2.45) is 0 Å². The molecular weight excluding hydrogens is 581 g/mol. The zero-order valence-electron chi connectivity index (χ0n) is 24.0. The molecule has 0 aliphatic carbocycles. The van der Waals surface area contributed by atoms with Crippen LogP contribution >= 0.6 is 23.9 Å². The SMILES string of the molecule is Cc1ccc(P(c2ccccc2)c2ccccc2)cc1.Cc1ccc(P(c2ccccc2)c2ccccc2)cc1.P=S. The van der Waals surface area contributed by atoms with Gasteiger partial charge in [-0.15, -0.1) is 0 Å². The highest BCUT2D eigenvalue weighted by molar-refractivity contribution is 7.88. The molecule has 0 aliphatic rings. The average Bonchev–Trinajstić information content (AvgIpc) is 3.07. The summed E-state index contributed by atoms with van der Waals surface area (Å²) in [5, 5.41) is 8.41. The Balaban J connectivity index is 0.000000182. The predicted octanol–water partition coefficient (Wildman–Crippen LogP) is 8.10. The number of benzene rings is 6. The first kappa shape index (κ1) is 31.6. The van der Waals surface area contributed by atoms with E-state index in [1.807, 2.05) is 0 Å². The van der Waals surface area contributed by atoms with Crippen LogP contribution in [0.2, 0.25) is 0 Å². The Hall–Kier alpha value is -3.30. The fraction of sp³-hybridized carbons (Fsp3) is 0.0526. The zero-order valence-corrected chi connectivity index (χ0v) is 27.6. The number of rotatable bonds is 6. The topological polar surface area (TPSA) is 0 Å². The molecule has 208 valence electrons. The molecule has 0 spiro atoms. The first-order chi connectivity index (χ1) is 20.7. The second-order valence-corrected chi connectivity index (χ2v) is 14.1. The van der Waals surface area contributed by atoms with Gasteiger partial charge in [-0.3, -0.25) is 0 Å². The lowest BCUT2D eigenvalue weighted by atomic mass is 10.2. The Morgan fingerprint density at radius 1 is 0.310 bits per heavy atom. The summed E-state index contributed by atoms with van der Waals surface area (Å²) in [5.41, 5.74) is 2.62. The summed E-state index contributed by atoms with van der Waals surface area (Å²) in [6.45, 7) is 4.27. The van der Waals surface area contributed by atoms with Gasteiger partial charge in [0.2, 0.25) is 0 Å². The van der Waals surface area contributed by atoms with Crippen LogP contribution in [0.25, 0.3) is 0 Å². The van der Waals surface area contributed by atoms with Crippen LogP contribution in [0.5, 0.6) is 0 Å². The van der Waals surface area contributed by atoms with Crippen LogP contribution in [-0.2, 0) is 11.8 Å². The number of aryl methyl sites for hydroxylation is 2. The Morgan fingerprint density at radius 2 is 0.500 bits per heavy atom. The molecule has 0 N–H and O–H groups in total. The normalized spacial score (nSPS) is 10.3. The van der Waals surface area contributed by atoms with Gasteiger partial charge in [-0.1, -0.05) is 193 Å². The summed E-state index contributed by atoms with van der Waals surface area (Å²) < 4.78 is 0. The molecule has 0 fully saturated rings. The minimum Gasteiger partial charge on any atom is -0.0622 e. The standard InChI is InChI=1S/2C19H17P.HPS/c2*1-16-12-14-19(15-13-16)20(17-8-4-2-5-9-17)18-10-6-3-7-11-18;1-2/h2*2-15H,1H3;1H. The van der Waals surface area contributed by atoms with E-state index in [9.17, 15) is 0 Å². The van der Waals surface area contributed by atoms with Gasteiger partial charge in [-0.05, 0) is 69.5 Å². The molecule has 0 amide bonds. The Bertz CT molecular complexity index is 1390. The van der Waals surface area contributed by atoms with Gasteiger partial charge in [-0.25, -0.2) is 0 Å². The lowest BCUT2D eigenvalue weighted by Gasteiger charge is -2.19. The molecule has 0 aromatic heterocycles. The summed E-state index contributed by atoms with van der Waals surface area (Å²) in [5.74, 6) is 0. The van der Waals surface area contributed by atoms with Crippen LogP contribution in [0.15, 0.2) is 170 Å². The summed E-state index contributed by atoms with van der Waals surface area (Å²) in [4.78, 5) is 0. The summed E-state index contributed by atoms with van der Waals surface area (Å²) >= 11 is 3.89. The van der Waals surface area contributed by atoms with Crippen molar-refractivity contribution >= 4 is 67.5 Å². The molecule has 0 heterocycles. The molecule has 4 heteroatoms. The molecule has 42 heavy (non-hydrogen) atoms. The van der Waals surface area contributed by atoms with Crippen molar-refractivity contribution in [2.75, 3.05) is 0 Å². The summed E-state index contributed by atoms with van der Waals surface area (Å²) in [7, 11) is 1.64. The molecule has 0 atom stereocenters. The van der Waals surface area contributed by atoms with Gasteiger partial charge in [0.1, 0.15) is 0 Å². The molecule has 0 bridgehead atoms. The maximum absolute atomic E-state index is 3.89. The fourth-order valence-corrected chi connectivity index (χ4v) is 9.15. The van der Waals surface area contributed by atoms with E-state index in [1.54, 1.807) is 0 Å². The van der Waals surface area contributed by atoms with Gasteiger partial charge in [0, 0.05) is 0 Å². The first-order valence-electron chi connectivity index (χ1n) is 13.8. The van der Waals surface area contributed by atoms with E-state index in [0.717, 1.165) is 0 Å². The quantitative estimate of drug-likeness (QED) is 0.171. The molecular formula is C38H35P3S. The van der Waals surface area contributed by atoms with Crippen molar-refractivity contribution < 1.29 is 0 Å². The Labute approximate surface area is 261 Å². The zero-order chi connectivity index (χ0) is 29.6. The van der Waals surface area contributed by atoms with Gasteiger partial charge in [0.25, 0.3) is 0 Å². The Morgan fingerprint density at radius 3 is 0.714 bits per heavy atom. The third-order valence-electron chi connectivity index (χ3n) is 6.64. The van der Waals surface area contributed by atoms with E-state index in [2.05, 4.69) is 204 Å². The van der Waals surface area contributed by atoms with E-state index in [4.69, 9.17) is 0 Å². The molecule has 6 aromatic rings. The van der Waals surface area contributed by atoms with Crippen molar-refractivity contribution in [3.05, 3.63) is 181 Å². The smallest absolute Gasteiger partial charge is 0.0134 e. The fourth-order valence-electron chi connectivity index (χ4n) is 4.59. The largest absolute Gasteiger partial charge is 0.0622 e. The van der Waals surface area contributed by atoms with Crippen molar-refractivity contribution in [2.45, 2.75) is 13.8 Å². The van der Waals surface area contributed by atoms with Crippen LogP contribution < -0.4 is 31.8 Å². The van der Waals surface area contributed by atoms with Crippen LogP contribution in [0.3, 0.4) is 0 Å². The molecule has 0 radical (unpaired) electrons. The van der Waals surface area contributed by atoms with Gasteiger partial charge < -0.3 is 0 Å². The van der Waals surface area contributed by atoms with Crippen LogP contribution in [0.1, 0.15) is 11.1 Å². The summed E-state index contributed by atoms with van der Waals surface area (Å²) in [6, 6.07) is 61.1. The molecule has 0 saturated carbocycles. The van der Waals surface area contributed by atoms with Crippen molar-refractivity contribution in [1.29, 1.82) is 0 Å². The molecule has 0 nitrogen and oxygen atoms in total. The highest BCUT2D eigenvalue weighted by atomic mass is 32.4. The minimum absolute atomic E-state index is 0.458. The third-order valence-corrected chi connectivity index (χ3v) is 11.5. The van der Waals surface area contributed by atoms with E-state index in [0.29, 0.717) is 0 Å². The predicted molar refractivity (Wildman–Crippen MR) is 195 cm³/mol. The maximum atomic E-state index is 3.89. The van der Waals surface area contributed by atoms with Gasteiger partial charge in [0.15, 0.2) is 0 Å². The molecule has 6 rings (SSSR count). The van der Waals surface area contributed by atoms with Crippen molar-refractivity contribution in [3.8, 4) is 0 Å². The molecule has 0 aliphatic heterocycles. The molecule has 0 saturated heterocycles. The maximum Gasteiger partial charge on any atom is -0.0134 e. The van der Waals surface area contributed by atoms with Crippen molar-refractivity contribution in [1.82, 2.24) is 0 Å². The van der Waals surface area contributed by atoms with E-state index >= 15 is 0 Å². The minimum atomic E-state index is -0.458. The second-order valence-electron chi connectivity index (χ2n) is 9.68. The molecule has 6 aromatic carbocycles. The van der Waals surface area contributed by atoms with E-state index in [1.165, 1.54) is 43.0 Å². The first-order valence-corrected chi connectivity index (χ1v) is 18.1. The van der Waals surface area contributed by atoms with Crippen molar-refractivity contribution in [3.63, 3.8) is 0 Å². The highest BCUT2D eigenvalue weighted by Crippen LogP contribution is 2.33. The lowest BCUT2D eigenvalue weighted by Crippen LogP contribution is -2.20. The molecule has 0 unspecified atom stereocenters. The number of hydrogen-bond acceptors (Lipinski definition) is 1. The lowest BCUT2D eigenvalue weighted by molar-refractivity contribution is 1.49. The highest BCUT2D eigenvalue weighted by Gasteiger charge is 2.16. The third kappa shape index (κ3) is 8.85.